The predicted molar refractivity (Wildman–Crippen MR) is 146 cm³/mol. The Morgan fingerprint density at radius 3 is 2.78 bits per heavy atom. The average Bonchev–Trinajstić information content (AvgIpc) is 3.46. The molecule has 2 aromatic carbocycles. The average molecular weight is 518 g/mol. The van der Waals surface area contributed by atoms with Crippen LogP contribution in [0.25, 0.3) is 5.00 Å². The fourth-order valence-corrected chi connectivity index (χ4v) is 7.12. The number of hydrogen-bond acceptors (Lipinski definition) is 3. The van der Waals surface area contributed by atoms with Crippen molar-refractivity contribution in [3.63, 3.8) is 0 Å². The molecule has 7 heteroatoms. The van der Waals surface area contributed by atoms with Crippen molar-refractivity contribution in [3.8, 4) is 10.8 Å². The van der Waals surface area contributed by atoms with Gasteiger partial charge in [0.15, 0.2) is 0 Å². The summed E-state index contributed by atoms with van der Waals surface area (Å²) in [5, 5.41) is 4.90. The van der Waals surface area contributed by atoms with Gasteiger partial charge in [-0.25, -0.2) is 4.79 Å². The van der Waals surface area contributed by atoms with Gasteiger partial charge in [0, 0.05) is 21.7 Å². The summed E-state index contributed by atoms with van der Waals surface area (Å²) in [6.07, 6.45) is 6.76. The van der Waals surface area contributed by atoms with Crippen LogP contribution in [0.1, 0.15) is 51.7 Å². The molecule has 36 heavy (non-hydrogen) atoms. The van der Waals surface area contributed by atoms with Crippen LogP contribution < -0.4 is 10.1 Å². The van der Waals surface area contributed by atoms with Crippen LogP contribution in [-0.2, 0) is 19.4 Å². The number of nitrogens with zero attached hydrogens (tertiary/aromatic N) is 2. The molecule has 1 atom stereocenters. The zero-order chi connectivity index (χ0) is 24.8. The molecule has 2 aliphatic rings. The molecular weight excluding hydrogens is 490 g/mol. The first-order chi connectivity index (χ1) is 17.5. The first-order valence-electron chi connectivity index (χ1n) is 12.3. The second-order valence-electron chi connectivity index (χ2n) is 9.52. The van der Waals surface area contributed by atoms with Gasteiger partial charge in [-0.15, -0.1) is 11.3 Å². The van der Waals surface area contributed by atoms with Gasteiger partial charge in [-0.05, 0) is 74.1 Å². The number of amides is 2. The Labute approximate surface area is 220 Å². The molecule has 2 amide bonds. The summed E-state index contributed by atoms with van der Waals surface area (Å²) in [6, 6.07) is 17.5. The smallest absolute Gasteiger partial charge is 0.323 e. The second kappa shape index (κ2) is 9.34. The molecule has 1 N–H and O–H groups in total. The first kappa shape index (κ1) is 23.2. The third-order valence-corrected chi connectivity index (χ3v) is 8.77. The van der Waals surface area contributed by atoms with E-state index in [-0.39, 0.29) is 12.1 Å². The Bertz CT molecular complexity index is 1460. The van der Waals surface area contributed by atoms with Crippen LogP contribution >= 0.6 is 22.9 Å². The normalized spacial score (nSPS) is 16.5. The Morgan fingerprint density at radius 1 is 1.08 bits per heavy atom. The number of aromatic nitrogens is 1. The Kier molecular flexibility index (Phi) is 6.02. The molecule has 2 aromatic heterocycles. The summed E-state index contributed by atoms with van der Waals surface area (Å²) in [5.41, 5.74) is 6.61. The van der Waals surface area contributed by atoms with E-state index in [1.165, 1.54) is 39.4 Å². The summed E-state index contributed by atoms with van der Waals surface area (Å²) in [6.45, 7) is 2.63. The highest BCUT2D eigenvalue weighted by Gasteiger charge is 2.36. The van der Waals surface area contributed by atoms with Crippen molar-refractivity contribution >= 4 is 34.7 Å². The van der Waals surface area contributed by atoms with Crippen LogP contribution in [0.5, 0.6) is 5.75 Å². The standard InChI is InChI=1S/C29H28ClN3O2S/c1-18-7-5-8-19(15-18)27-24-10-6-14-32(24)28-22(21-9-3-4-11-26(21)36-28)17-33(27)29(34)31-23-16-20(30)12-13-25(23)35-2/h5-8,10,12-16,27H,3-4,9,11,17H2,1-2H3,(H,31,34)/t27-/m0/s1. The zero-order valence-corrected chi connectivity index (χ0v) is 22.0. The van der Waals surface area contributed by atoms with Crippen molar-refractivity contribution < 1.29 is 9.53 Å². The van der Waals surface area contributed by atoms with E-state index in [1.807, 2.05) is 16.2 Å². The highest BCUT2D eigenvalue weighted by Crippen LogP contribution is 2.44. The van der Waals surface area contributed by atoms with E-state index in [1.54, 1.807) is 25.3 Å². The molecule has 0 fully saturated rings. The quantitative estimate of drug-likeness (QED) is 0.305. The third-order valence-electron chi connectivity index (χ3n) is 7.20. The summed E-state index contributed by atoms with van der Waals surface area (Å²) in [7, 11) is 1.59. The molecule has 184 valence electrons. The molecule has 0 radical (unpaired) electrons. The van der Waals surface area contributed by atoms with Gasteiger partial charge in [-0.2, -0.15) is 0 Å². The number of aryl methyl sites for hydroxylation is 2. The van der Waals surface area contributed by atoms with Crippen molar-refractivity contribution in [1.82, 2.24) is 9.47 Å². The van der Waals surface area contributed by atoms with Crippen LogP contribution in [0.2, 0.25) is 5.02 Å². The number of benzene rings is 2. The second-order valence-corrected chi connectivity index (χ2v) is 11.0. The lowest BCUT2D eigenvalue weighted by Gasteiger charge is -2.32. The van der Waals surface area contributed by atoms with Crippen molar-refractivity contribution in [1.29, 1.82) is 0 Å². The maximum absolute atomic E-state index is 14.1. The number of nitrogens with one attached hydrogen (secondary N) is 1. The third kappa shape index (κ3) is 3.98. The minimum absolute atomic E-state index is 0.182. The molecule has 3 heterocycles. The highest BCUT2D eigenvalue weighted by atomic mass is 35.5. The molecule has 4 aromatic rings. The van der Waals surface area contributed by atoms with Gasteiger partial charge in [0.25, 0.3) is 0 Å². The Balaban J connectivity index is 1.50. The number of thiophene rings is 1. The SMILES string of the molecule is COc1ccc(Cl)cc1NC(=O)N1Cc2c(sc3c2CCCC3)-n2cccc2[C@@H]1c1cccc(C)c1. The largest absolute Gasteiger partial charge is 0.495 e. The van der Waals surface area contributed by atoms with Gasteiger partial charge < -0.3 is 19.5 Å². The van der Waals surface area contributed by atoms with Crippen LogP contribution in [0, 0.1) is 6.92 Å². The molecule has 1 aliphatic carbocycles. The minimum atomic E-state index is -0.246. The van der Waals surface area contributed by atoms with Crippen LogP contribution in [0.4, 0.5) is 10.5 Å². The summed E-state index contributed by atoms with van der Waals surface area (Å²) < 4.78 is 7.81. The van der Waals surface area contributed by atoms with Crippen LogP contribution in [0.3, 0.4) is 0 Å². The van der Waals surface area contributed by atoms with E-state index >= 15 is 0 Å². The fourth-order valence-electron chi connectivity index (χ4n) is 5.54. The summed E-state index contributed by atoms with van der Waals surface area (Å²) >= 11 is 8.16. The number of carbonyl (C=O) groups excluding carboxylic acids is 1. The summed E-state index contributed by atoms with van der Waals surface area (Å²) in [4.78, 5) is 17.5. The van der Waals surface area contributed by atoms with Gasteiger partial charge in [0.05, 0.1) is 31.1 Å². The lowest BCUT2D eigenvalue weighted by Crippen LogP contribution is -2.38. The van der Waals surface area contributed by atoms with Crippen molar-refractivity contribution in [2.75, 3.05) is 12.4 Å². The Hall–Kier alpha value is -3.22. The molecular formula is C29H28ClN3O2S. The van der Waals surface area contributed by atoms with E-state index < -0.39 is 0 Å². The topological polar surface area (TPSA) is 46.5 Å². The number of hydrogen-bond donors (Lipinski definition) is 1. The molecule has 5 nitrogen and oxygen atoms in total. The zero-order valence-electron chi connectivity index (χ0n) is 20.4. The van der Waals surface area contributed by atoms with Gasteiger partial charge in [-0.1, -0.05) is 41.4 Å². The minimum Gasteiger partial charge on any atom is -0.495 e. The molecule has 0 saturated carbocycles. The van der Waals surface area contributed by atoms with E-state index in [0.29, 0.717) is 23.0 Å². The number of carbonyl (C=O) groups is 1. The molecule has 0 bridgehead atoms. The highest BCUT2D eigenvalue weighted by molar-refractivity contribution is 7.15. The lowest BCUT2D eigenvalue weighted by molar-refractivity contribution is 0.194. The van der Waals surface area contributed by atoms with Crippen molar-refractivity contribution in [2.45, 2.75) is 45.2 Å². The van der Waals surface area contributed by atoms with E-state index in [4.69, 9.17) is 16.3 Å². The van der Waals surface area contributed by atoms with E-state index in [2.05, 4.69) is 59.4 Å². The van der Waals surface area contributed by atoms with E-state index in [0.717, 1.165) is 24.1 Å². The lowest BCUT2D eigenvalue weighted by atomic mass is 9.95. The van der Waals surface area contributed by atoms with Gasteiger partial charge in [0.2, 0.25) is 0 Å². The van der Waals surface area contributed by atoms with Gasteiger partial charge >= 0.3 is 6.03 Å². The van der Waals surface area contributed by atoms with Gasteiger partial charge in [-0.3, -0.25) is 0 Å². The number of ether oxygens (including phenoxy) is 1. The van der Waals surface area contributed by atoms with E-state index in [9.17, 15) is 4.79 Å². The number of halogens is 1. The number of urea groups is 1. The molecule has 0 saturated heterocycles. The molecule has 0 spiro atoms. The maximum Gasteiger partial charge on any atom is 0.323 e. The number of anilines is 1. The van der Waals surface area contributed by atoms with Gasteiger partial charge in [0.1, 0.15) is 10.8 Å². The summed E-state index contributed by atoms with van der Waals surface area (Å²) in [5.74, 6) is 0.576. The predicted octanol–water partition coefficient (Wildman–Crippen LogP) is 7.53. The molecule has 1 aliphatic heterocycles. The number of rotatable bonds is 3. The first-order valence-corrected chi connectivity index (χ1v) is 13.5. The Morgan fingerprint density at radius 2 is 1.94 bits per heavy atom. The monoisotopic (exact) mass is 517 g/mol. The van der Waals surface area contributed by atoms with Crippen molar-refractivity contribution in [3.05, 3.63) is 98.6 Å². The maximum atomic E-state index is 14.1. The van der Waals surface area contributed by atoms with Crippen LogP contribution in [-0.4, -0.2) is 22.6 Å². The van der Waals surface area contributed by atoms with Crippen molar-refractivity contribution in [2.24, 2.45) is 0 Å². The molecule has 0 unspecified atom stereocenters. The van der Waals surface area contributed by atoms with Crippen LogP contribution in [0.15, 0.2) is 60.8 Å². The molecule has 6 rings (SSSR count). The number of fused-ring (bicyclic) bond motifs is 5. The fraction of sp³-hybridized carbons (Fsp3) is 0.276. The number of methoxy groups -OCH3 is 1.